The molecule has 0 aromatic carbocycles. The van der Waals surface area contributed by atoms with Gasteiger partial charge in [0.2, 0.25) is 10.0 Å². The minimum atomic E-state index is -3.35. The molecule has 0 spiro atoms. The zero-order valence-corrected chi connectivity index (χ0v) is 14.7. The Bertz CT molecular complexity index is 557. The van der Waals surface area contributed by atoms with E-state index < -0.39 is 10.0 Å². The molecule has 2 fully saturated rings. The summed E-state index contributed by atoms with van der Waals surface area (Å²) in [5, 5.41) is 1.82. The SMILES string of the molecule is O=S(=O)(NCC1(N2CCCCC2)CCCCC1)c1cccs1. The van der Waals surface area contributed by atoms with Crippen LogP contribution in [-0.2, 0) is 10.0 Å². The second kappa shape index (κ2) is 6.99. The largest absolute Gasteiger partial charge is 0.296 e. The first-order valence-corrected chi connectivity index (χ1v) is 10.8. The van der Waals surface area contributed by atoms with Crippen LogP contribution in [0, 0.1) is 0 Å². The van der Waals surface area contributed by atoms with Gasteiger partial charge in [0.1, 0.15) is 4.21 Å². The first kappa shape index (κ1) is 16.4. The van der Waals surface area contributed by atoms with Gasteiger partial charge < -0.3 is 0 Å². The predicted octanol–water partition coefficient (Wildman–Crippen LogP) is 3.22. The molecule has 1 saturated carbocycles. The van der Waals surface area contributed by atoms with Crippen molar-refractivity contribution in [1.29, 1.82) is 0 Å². The van der Waals surface area contributed by atoms with Crippen molar-refractivity contribution in [2.24, 2.45) is 0 Å². The van der Waals surface area contributed by atoms with Gasteiger partial charge in [0, 0.05) is 12.1 Å². The maximum atomic E-state index is 12.4. The Labute approximate surface area is 138 Å². The highest BCUT2D eigenvalue weighted by molar-refractivity contribution is 7.91. The summed E-state index contributed by atoms with van der Waals surface area (Å²) in [5.41, 5.74) is 0.0446. The summed E-state index contributed by atoms with van der Waals surface area (Å²) in [6.45, 7) is 2.81. The van der Waals surface area contributed by atoms with Gasteiger partial charge >= 0.3 is 0 Å². The number of thiophene rings is 1. The van der Waals surface area contributed by atoms with E-state index in [1.807, 2.05) is 5.38 Å². The molecule has 0 bridgehead atoms. The number of piperidine rings is 1. The molecule has 1 aliphatic heterocycles. The van der Waals surface area contributed by atoms with E-state index in [2.05, 4.69) is 9.62 Å². The second-order valence-corrected chi connectivity index (χ2v) is 9.53. The summed E-state index contributed by atoms with van der Waals surface area (Å²) >= 11 is 1.29. The van der Waals surface area contributed by atoms with Crippen LogP contribution >= 0.6 is 11.3 Å². The third-order valence-corrected chi connectivity index (χ3v) is 7.96. The summed E-state index contributed by atoms with van der Waals surface area (Å²) < 4.78 is 28.2. The van der Waals surface area contributed by atoms with Gasteiger partial charge in [-0.1, -0.05) is 31.7 Å². The van der Waals surface area contributed by atoms with Gasteiger partial charge in [-0.05, 0) is 50.2 Å². The van der Waals surface area contributed by atoms with Crippen molar-refractivity contribution in [2.45, 2.75) is 61.1 Å². The molecule has 6 heteroatoms. The maximum absolute atomic E-state index is 12.4. The quantitative estimate of drug-likeness (QED) is 0.894. The topological polar surface area (TPSA) is 49.4 Å². The first-order valence-electron chi connectivity index (χ1n) is 8.41. The summed E-state index contributed by atoms with van der Waals surface area (Å²) in [6, 6.07) is 3.47. The fourth-order valence-corrected chi connectivity index (χ4v) is 6.06. The van der Waals surface area contributed by atoms with Crippen molar-refractivity contribution in [3.05, 3.63) is 17.5 Å². The Morgan fingerprint density at radius 1 is 1.09 bits per heavy atom. The zero-order valence-electron chi connectivity index (χ0n) is 13.1. The molecular weight excluding hydrogens is 316 g/mol. The van der Waals surface area contributed by atoms with Crippen LogP contribution in [0.3, 0.4) is 0 Å². The van der Waals surface area contributed by atoms with E-state index in [0.29, 0.717) is 10.8 Å². The van der Waals surface area contributed by atoms with Gasteiger partial charge in [0.15, 0.2) is 0 Å². The van der Waals surface area contributed by atoms with Crippen molar-refractivity contribution < 1.29 is 8.42 Å². The number of hydrogen-bond donors (Lipinski definition) is 1. The lowest BCUT2D eigenvalue weighted by atomic mass is 9.79. The normalized spacial score (nSPS) is 23.5. The van der Waals surface area contributed by atoms with Crippen LogP contribution in [0.25, 0.3) is 0 Å². The summed E-state index contributed by atoms with van der Waals surface area (Å²) in [7, 11) is -3.35. The predicted molar refractivity (Wildman–Crippen MR) is 90.7 cm³/mol. The van der Waals surface area contributed by atoms with Crippen LogP contribution in [-0.4, -0.2) is 38.5 Å². The van der Waals surface area contributed by atoms with Gasteiger partial charge in [-0.25, -0.2) is 13.1 Å². The van der Waals surface area contributed by atoms with Gasteiger partial charge in [-0.15, -0.1) is 11.3 Å². The fraction of sp³-hybridized carbons (Fsp3) is 0.750. The zero-order chi connectivity index (χ0) is 15.5. The Morgan fingerprint density at radius 2 is 1.77 bits per heavy atom. The number of likely N-dealkylation sites (tertiary alicyclic amines) is 1. The van der Waals surface area contributed by atoms with E-state index in [1.165, 1.54) is 49.9 Å². The molecule has 1 aromatic rings. The summed E-state index contributed by atoms with van der Waals surface area (Å²) in [4.78, 5) is 2.58. The van der Waals surface area contributed by atoms with E-state index in [-0.39, 0.29) is 5.54 Å². The third kappa shape index (κ3) is 3.55. The molecule has 2 aliphatic rings. The van der Waals surface area contributed by atoms with E-state index >= 15 is 0 Å². The maximum Gasteiger partial charge on any atom is 0.250 e. The first-order chi connectivity index (χ1) is 10.6. The van der Waals surface area contributed by atoms with Gasteiger partial charge in [0.05, 0.1) is 0 Å². The molecule has 4 nitrogen and oxygen atoms in total. The molecule has 0 unspecified atom stereocenters. The van der Waals surface area contributed by atoms with E-state index in [4.69, 9.17) is 0 Å². The fourth-order valence-electron chi connectivity index (χ4n) is 3.90. The summed E-state index contributed by atoms with van der Waals surface area (Å²) in [5.74, 6) is 0. The van der Waals surface area contributed by atoms with Crippen molar-refractivity contribution in [2.75, 3.05) is 19.6 Å². The standard InChI is InChI=1S/C16H26N2O2S2/c19-22(20,15-8-7-13-21-15)17-14-16(9-3-1-4-10-16)18-11-5-2-6-12-18/h7-8,13,17H,1-6,9-12,14H2. The Morgan fingerprint density at radius 3 is 2.41 bits per heavy atom. The molecule has 0 atom stereocenters. The molecule has 1 saturated heterocycles. The van der Waals surface area contributed by atoms with Crippen molar-refractivity contribution in [1.82, 2.24) is 9.62 Å². The molecule has 1 aromatic heterocycles. The highest BCUT2D eigenvalue weighted by Gasteiger charge is 2.39. The van der Waals surface area contributed by atoms with Gasteiger partial charge in [0.25, 0.3) is 0 Å². The van der Waals surface area contributed by atoms with Crippen LogP contribution in [0.1, 0.15) is 51.4 Å². The van der Waals surface area contributed by atoms with Crippen molar-refractivity contribution in [3.63, 3.8) is 0 Å². The highest BCUT2D eigenvalue weighted by Crippen LogP contribution is 2.35. The van der Waals surface area contributed by atoms with Crippen molar-refractivity contribution in [3.8, 4) is 0 Å². The molecule has 124 valence electrons. The Balaban J connectivity index is 1.73. The van der Waals surface area contributed by atoms with E-state index in [1.54, 1.807) is 12.1 Å². The molecule has 1 aliphatic carbocycles. The molecule has 0 amide bonds. The molecule has 0 radical (unpaired) electrons. The van der Waals surface area contributed by atoms with E-state index in [0.717, 1.165) is 25.9 Å². The molecule has 1 N–H and O–H groups in total. The van der Waals surface area contributed by atoms with Crippen LogP contribution in [0.5, 0.6) is 0 Å². The molecule has 22 heavy (non-hydrogen) atoms. The van der Waals surface area contributed by atoms with Crippen LogP contribution in [0.2, 0.25) is 0 Å². The number of rotatable bonds is 5. The minimum absolute atomic E-state index is 0.0446. The lowest BCUT2D eigenvalue weighted by Crippen LogP contribution is -2.58. The lowest BCUT2D eigenvalue weighted by molar-refractivity contribution is 0.0376. The van der Waals surface area contributed by atoms with Crippen LogP contribution < -0.4 is 4.72 Å². The number of nitrogens with zero attached hydrogens (tertiary/aromatic N) is 1. The second-order valence-electron chi connectivity index (χ2n) is 6.59. The number of hydrogen-bond acceptors (Lipinski definition) is 4. The molecular formula is C16H26N2O2S2. The van der Waals surface area contributed by atoms with Gasteiger partial charge in [-0.2, -0.15) is 0 Å². The van der Waals surface area contributed by atoms with Crippen LogP contribution in [0.15, 0.2) is 21.7 Å². The van der Waals surface area contributed by atoms with Gasteiger partial charge in [-0.3, -0.25) is 4.90 Å². The molecule has 2 heterocycles. The monoisotopic (exact) mass is 342 g/mol. The summed E-state index contributed by atoms with van der Waals surface area (Å²) in [6.07, 6.45) is 9.79. The Hall–Kier alpha value is -0.430. The lowest BCUT2D eigenvalue weighted by Gasteiger charge is -2.48. The average Bonchev–Trinajstić information content (AvgIpc) is 3.10. The number of sulfonamides is 1. The smallest absolute Gasteiger partial charge is 0.250 e. The average molecular weight is 343 g/mol. The van der Waals surface area contributed by atoms with E-state index in [9.17, 15) is 8.42 Å². The highest BCUT2D eigenvalue weighted by atomic mass is 32.2. The Kier molecular flexibility index (Phi) is 5.22. The number of nitrogens with one attached hydrogen (secondary N) is 1. The van der Waals surface area contributed by atoms with Crippen LogP contribution in [0.4, 0.5) is 0 Å². The molecule has 3 rings (SSSR count). The minimum Gasteiger partial charge on any atom is -0.296 e. The third-order valence-electron chi connectivity index (χ3n) is 5.16. The van der Waals surface area contributed by atoms with Crippen molar-refractivity contribution >= 4 is 21.4 Å².